The highest BCUT2D eigenvalue weighted by molar-refractivity contribution is 6.25. The molecule has 6 atom stereocenters. The number of carbonyl (C=O) groups excluding carboxylic acids is 5. The van der Waals surface area contributed by atoms with Gasteiger partial charge in [0.15, 0.2) is 0 Å². The van der Waals surface area contributed by atoms with Crippen LogP contribution in [0.2, 0.25) is 0 Å². The first-order chi connectivity index (χ1) is 29.1. The van der Waals surface area contributed by atoms with Crippen LogP contribution in [0.1, 0.15) is 83.2 Å². The van der Waals surface area contributed by atoms with Gasteiger partial charge in [0.25, 0.3) is 11.8 Å². The third-order valence-electron chi connectivity index (χ3n) is 12.6. The van der Waals surface area contributed by atoms with Crippen molar-refractivity contribution in [2.75, 3.05) is 60.8 Å². The average Bonchev–Trinajstić information content (AvgIpc) is 3.49. The molecule has 0 spiro atoms. The van der Waals surface area contributed by atoms with Crippen LogP contribution in [0.25, 0.3) is 0 Å². The van der Waals surface area contributed by atoms with E-state index >= 15 is 0 Å². The van der Waals surface area contributed by atoms with Crippen molar-refractivity contribution in [1.82, 2.24) is 20.2 Å². The summed E-state index contributed by atoms with van der Waals surface area (Å²) in [6, 6.07) is 13.8. The zero-order valence-electron chi connectivity index (χ0n) is 33.3. The van der Waals surface area contributed by atoms with Gasteiger partial charge in [0.1, 0.15) is 23.5 Å². The van der Waals surface area contributed by atoms with E-state index in [-0.39, 0.29) is 68.1 Å². The van der Waals surface area contributed by atoms with Gasteiger partial charge >= 0.3 is 0 Å². The minimum Gasteiger partial charge on any atom is -0.382 e. The van der Waals surface area contributed by atoms with Crippen LogP contribution in [0.5, 0.6) is 0 Å². The lowest BCUT2D eigenvalue weighted by atomic mass is 9.48. The second-order valence-corrected chi connectivity index (χ2v) is 16.6. The molecule has 17 nitrogen and oxygen atoms in total. The van der Waals surface area contributed by atoms with Gasteiger partial charge < -0.3 is 36.5 Å². The number of piperidine rings is 1. The Kier molecular flexibility index (Phi) is 12.0. The van der Waals surface area contributed by atoms with E-state index in [2.05, 4.69) is 42.6 Å². The largest absolute Gasteiger partial charge is 0.382 e. The molecule has 2 aliphatic heterocycles. The van der Waals surface area contributed by atoms with E-state index in [1.165, 1.54) is 31.5 Å². The predicted molar refractivity (Wildman–Crippen MR) is 219 cm³/mol. The Hall–Kier alpha value is -5.96. The van der Waals surface area contributed by atoms with Crippen molar-refractivity contribution >= 4 is 52.7 Å². The van der Waals surface area contributed by atoms with Crippen molar-refractivity contribution in [1.29, 1.82) is 5.26 Å². The van der Waals surface area contributed by atoms with Crippen LogP contribution in [-0.2, 0) is 30.4 Å². The maximum absolute atomic E-state index is 13.3. The molecule has 3 aromatic rings. The molecule has 9 rings (SSSR count). The van der Waals surface area contributed by atoms with Gasteiger partial charge in [0, 0.05) is 43.5 Å². The summed E-state index contributed by atoms with van der Waals surface area (Å²) < 4.78 is 11.3. The van der Waals surface area contributed by atoms with Crippen LogP contribution in [0, 0.1) is 34.5 Å². The van der Waals surface area contributed by atoms with Crippen LogP contribution in [0.3, 0.4) is 0 Å². The molecule has 3 heterocycles. The van der Waals surface area contributed by atoms with Crippen LogP contribution in [-0.4, -0.2) is 96.0 Å². The van der Waals surface area contributed by atoms with Crippen molar-refractivity contribution in [3.63, 3.8) is 0 Å². The predicted octanol–water partition coefficient (Wildman–Crippen LogP) is 3.40. The van der Waals surface area contributed by atoms with E-state index in [4.69, 9.17) is 15.2 Å². The topological polar surface area (TPSA) is 243 Å². The molecule has 5 fully saturated rings. The quantitative estimate of drug-likeness (QED) is 0.0797. The Morgan fingerprint density at radius 3 is 2.48 bits per heavy atom. The number of nitrogens with zero attached hydrogens (tertiary/aromatic N) is 4. The van der Waals surface area contributed by atoms with Crippen LogP contribution in [0.4, 0.5) is 23.1 Å². The Morgan fingerprint density at radius 2 is 1.70 bits per heavy atom. The Labute approximate surface area is 347 Å². The molecule has 5 unspecified atom stereocenters. The summed E-state index contributed by atoms with van der Waals surface area (Å²) in [7, 11) is 0. The van der Waals surface area contributed by atoms with Gasteiger partial charge in [0.05, 0.1) is 50.2 Å². The zero-order valence-corrected chi connectivity index (χ0v) is 33.3. The number of rotatable bonds is 18. The first-order valence-electron chi connectivity index (χ1n) is 20.7. The molecule has 314 valence electrons. The van der Waals surface area contributed by atoms with Crippen LogP contribution >= 0.6 is 0 Å². The summed E-state index contributed by atoms with van der Waals surface area (Å²) in [5, 5.41) is 24.8. The van der Waals surface area contributed by atoms with Gasteiger partial charge in [-0.05, 0) is 85.5 Å². The van der Waals surface area contributed by atoms with Gasteiger partial charge in [-0.2, -0.15) is 10.2 Å². The number of anilines is 4. The maximum atomic E-state index is 13.3. The normalized spacial score (nSPS) is 25.1. The van der Waals surface area contributed by atoms with E-state index in [1.54, 1.807) is 12.1 Å². The molecular formula is C43H50N10O7. The van der Waals surface area contributed by atoms with Gasteiger partial charge in [-0.3, -0.25) is 34.2 Å². The number of para-hydroxylation sites is 1. The van der Waals surface area contributed by atoms with Gasteiger partial charge in [-0.15, -0.1) is 0 Å². The number of hydrogen-bond acceptors (Lipinski definition) is 14. The minimum absolute atomic E-state index is 0.0483. The molecule has 17 heteroatoms. The highest BCUT2D eigenvalue weighted by Gasteiger charge is 2.54. The molecule has 0 radical (unpaired) electrons. The fraction of sp³-hybridized carbons (Fsp3) is 0.488. The molecule has 4 aliphatic carbocycles. The number of nitrogens with two attached hydrogens (primary N) is 1. The van der Waals surface area contributed by atoms with Crippen LogP contribution in [0.15, 0.2) is 48.7 Å². The lowest BCUT2D eigenvalue weighted by Crippen LogP contribution is -2.58. The minimum atomic E-state index is -1.04. The molecule has 7 N–H and O–H groups in total. The Balaban J connectivity index is 0.737. The number of ether oxygens (including phenoxy) is 2. The number of carbonyl (C=O) groups is 5. The summed E-state index contributed by atoms with van der Waals surface area (Å²) in [6.45, 7) is 2.45. The molecule has 60 heavy (non-hydrogen) atoms. The van der Waals surface area contributed by atoms with E-state index < -0.39 is 29.7 Å². The lowest BCUT2D eigenvalue weighted by Gasteiger charge is -2.59. The smallest absolute Gasteiger partial charge is 0.264 e. The third-order valence-corrected chi connectivity index (χ3v) is 12.6. The molecule has 5 amide bonds. The summed E-state index contributed by atoms with van der Waals surface area (Å²) in [5.74, 6) is 0.371. The fourth-order valence-electron chi connectivity index (χ4n) is 9.99. The number of nitrogens with one attached hydrogen (secondary N) is 5. The molecule has 4 bridgehead atoms. The van der Waals surface area contributed by atoms with Gasteiger partial charge in [-0.1, -0.05) is 24.3 Å². The monoisotopic (exact) mass is 818 g/mol. The molecule has 2 aromatic carbocycles. The Bertz CT molecular complexity index is 2190. The summed E-state index contributed by atoms with van der Waals surface area (Å²) >= 11 is 0. The number of nitriles is 1. The fourth-order valence-corrected chi connectivity index (χ4v) is 9.99. The van der Waals surface area contributed by atoms with Crippen LogP contribution < -0.4 is 32.3 Å². The van der Waals surface area contributed by atoms with Gasteiger partial charge in [-0.25, -0.2) is 4.98 Å². The van der Waals surface area contributed by atoms with Crippen molar-refractivity contribution in [2.24, 2.45) is 28.9 Å². The van der Waals surface area contributed by atoms with Crippen molar-refractivity contribution in [2.45, 2.75) is 70.0 Å². The number of benzene rings is 2. The van der Waals surface area contributed by atoms with Crippen molar-refractivity contribution in [3.8, 4) is 6.07 Å². The standard InChI is InChI=1S/C43H50N10O7/c44-21-29-23-48-42(52-38(29)49-24-43-18-25-16-27(19-43)37(45)28(17-25)20-43)47-22-26-4-1-2-6-31(26)50-35(55)10-12-59-14-15-60-13-11-46-32-7-3-5-30-36(32)41(58)53(40(30)57)33-8-9-34(54)51-39(33)56/h1-7,23,25,27-28,33,37,46H,8-20,22,24,45H2,(H,50,55)(H,51,54,56)(H2,47,48,49,52)/t25?,27-,28?,33?,37?,43?/m0/s1. The number of hydrogen-bond donors (Lipinski definition) is 6. The first kappa shape index (κ1) is 40.8. The summed E-state index contributed by atoms with van der Waals surface area (Å²) in [5.41, 5.74) is 9.47. The first-order valence-corrected chi connectivity index (χ1v) is 20.7. The molecular weight excluding hydrogens is 769 g/mol. The van der Waals surface area contributed by atoms with E-state index in [9.17, 15) is 29.2 Å². The summed E-state index contributed by atoms with van der Waals surface area (Å²) in [4.78, 5) is 73.1. The second-order valence-electron chi connectivity index (χ2n) is 16.6. The number of aromatic nitrogens is 2. The highest BCUT2D eigenvalue weighted by Crippen LogP contribution is 2.59. The van der Waals surface area contributed by atoms with Gasteiger partial charge in [0.2, 0.25) is 23.7 Å². The molecule has 4 saturated carbocycles. The Morgan fingerprint density at radius 1 is 0.933 bits per heavy atom. The zero-order chi connectivity index (χ0) is 41.8. The maximum Gasteiger partial charge on any atom is 0.264 e. The SMILES string of the molecule is N#Cc1cnc(NCc2ccccc2NC(=O)CCOCCOCCNc2cccc3c2C(=O)N(C2CCC(=O)NC2=O)C3=O)nc1NCC12CC3CC(C1)C(N)[C@@H](C3)C2. The number of amides is 5. The van der Waals surface area contributed by atoms with Crippen molar-refractivity contribution in [3.05, 3.63) is 70.9 Å². The highest BCUT2D eigenvalue weighted by atomic mass is 16.5. The molecule has 1 saturated heterocycles. The summed E-state index contributed by atoms with van der Waals surface area (Å²) in [6.07, 6.45) is 7.74. The molecule has 6 aliphatic rings. The van der Waals surface area contributed by atoms with E-state index in [0.29, 0.717) is 59.7 Å². The lowest BCUT2D eigenvalue weighted by molar-refractivity contribution is -0.136. The van der Waals surface area contributed by atoms with E-state index in [0.717, 1.165) is 35.8 Å². The number of imide groups is 2. The molecule has 1 aromatic heterocycles. The van der Waals surface area contributed by atoms with E-state index in [1.807, 2.05) is 24.3 Å². The third kappa shape index (κ3) is 8.67. The van der Waals surface area contributed by atoms with Crippen molar-refractivity contribution < 1.29 is 33.4 Å². The number of fused-ring (bicyclic) bond motifs is 1. The average molecular weight is 819 g/mol. The second kappa shape index (κ2) is 17.7.